The second-order valence-corrected chi connectivity index (χ2v) is 13.1. The zero-order valence-electron chi connectivity index (χ0n) is 20.8. The van der Waals surface area contributed by atoms with Crippen LogP contribution in [0, 0.1) is 5.41 Å². The van der Waals surface area contributed by atoms with Gasteiger partial charge in [0, 0.05) is 27.8 Å². The van der Waals surface area contributed by atoms with Gasteiger partial charge in [0.15, 0.2) is 0 Å². The van der Waals surface area contributed by atoms with E-state index in [4.69, 9.17) is 23.2 Å². The highest BCUT2D eigenvalue weighted by Crippen LogP contribution is 2.52. The van der Waals surface area contributed by atoms with Crippen molar-refractivity contribution in [3.8, 4) is 0 Å². The molecule has 4 atom stereocenters. The number of piperidine rings is 1. The van der Waals surface area contributed by atoms with Crippen LogP contribution in [0.5, 0.6) is 0 Å². The number of benzene rings is 2. The molecule has 2 aromatic rings. The van der Waals surface area contributed by atoms with Crippen LogP contribution in [-0.2, 0) is 19.4 Å². The Morgan fingerprint density at radius 1 is 1.11 bits per heavy atom. The zero-order valence-corrected chi connectivity index (χ0v) is 23.1. The van der Waals surface area contributed by atoms with Crippen LogP contribution in [0.2, 0.25) is 10.0 Å². The maximum Gasteiger partial charge on any atom is 0.304 e. The summed E-state index contributed by atoms with van der Waals surface area (Å²) >= 11 is 12.5. The molecule has 1 aliphatic rings. The predicted molar refractivity (Wildman–Crippen MR) is 143 cm³/mol. The average Bonchev–Trinajstić information content (AvgIpc) is 2.82. The fourth-order valence-corrected chi connectivity index (χ4v) is 6.53. The van der Waals surface area contributed by atoms with Crippen molar-refractivity contribution in [1.82, 2.24) is 4.90 Å². The number of hydrogen-bond donors (Lipinski definition) is 1. The molecule has 196 valence electrons. The third kappa shape index (κ3) is 6.42. The number of hydrogen-bond acceptors (Lipinski definition) is 4. The molecule has 9 heteroatoms. The van der Waals surface area contributed by atoms with E-state index in [-0.39, 0.29) is 36.2 Å². The summed E-state index contributed by atoms with van der Waals surface area (Å²) in [4.78, 5) is 27.7. The lowest BCUT2D eigenvalue weighted by atomic mass is 9.67. The Kier molecular flexibility index (Phi) is 9.12. The number of likely N-dealkylation sites (tertiary alicyclic amines) is 1. The van der Waals surface area contributed by atoms with Crippen molar-refractivity contribution in [2.24, 2.45) is 5.41 Å². The van der Waals surface area contributed by atoms with E-state index in [0.717, 1.165) is 11.1 Å². The SMILES string of the molecule is CC[C@@H](CCS(=O)(=O)CC)N1C(=O)[C@@](C)(CC(=O)O)C[C@H](c2cccc(Cl)c2)C1c1ccc(Cl)cc1. The van der Waals surface area contributed by atoms with Gasteiger partial charge in [-0.15, -0.1) is 0 Å². The van der Waals surface area contributed by atoms with E-state index in [2.05, 4.69) is 0 Å². The maximum atomic E-state index is 14.1. The van der Waals surface area contributed by atoms with Crippen LogP contribution in [0.4, 0.5) is 0 Å². The van der Waals surface area contributed by atoms with Crippen LogP contribution in [-0.4, -0.2) is 47.8 Å². The molecular formula is C27H33Cl2NO5S. The summed E-state index contributed by atoms with van der Waals surface area (Å²) in [6.45, 7) is 5.23. The van der Waals surface area contributed by atoms with Gasteiger partial charge in [0.25, 0.3) is 0 Å². The van der Waals surface area contributed by atoms with Crippen molar-refractivity contribution in [1.29, 1.82) is 0 Å². The van der Waals surface area contributed by atoms with Crippen LogP contribution in [0.15, 0.2) is 48.5 Å². The quantitative estimate of drug-likeness (QED) is 0.381. The van der Waals surface area contributed by atoms with Gasteiger partial charge in [-0.05, 0) is 54.7 Å². The minimum absolute atomic E-state index is 0.0276. The highest BCUT2D eigenvalue weighted by molar-refractivity contribution is 7.91. The van der Waals surface area contributed by atoms with Gasteiger partial charge < -0.3 is 10.0 Å². The standard InChI is InChI=1S/C27H33Cl2NO5S/c1-4-22(13-14-36(34,35)5-2)30-25(18-9-11-20(28)12-10-18)23(19-7-6-8-21(29)15-19)16-27(3,26(30)33)17-24(31)32/h6-12,15,22-23,25H,4-5,13-14,16-17H2,1-3H3,(H,31,32)/t22-,23+,25?,27+/m0/s1. The molecule has 36 heavy (non-hydrogen) atoms. The van der Waals surface area contributed by atoms with Gasteiger partial charge in [-0.1, -0.05) is 68.2 Å². The van der Waals surface area contributed by atoms with Crippen molar-refractivity contribution in [3.63, 3.8) is 0 Å². The predicted octanol–water partition coefficient (Wildman–Crippen LogP) is 6.14. The second-order valence-electron chi connectivity index (χ2n) is 9.79. The van der Waals surface area contributed by atoms with Crippen molar-refractivity contribution < 1.29 is 23.1 Å². The minimum Gasteiger partial charge on any atom is -0.481 e. The van der Waals surface area contributed by atoms with E-state index >= 15 is 0 Å². The second kappa shape index (κ2) is 11.5. The van der Waals surface area contributed by atoms with Crippen LogP contribution in [0.25, 0.3) is 0 Å². The molecule has 1 heterocycles. The first kappa shape index (κ1) is 28.5. The minimum atomic E-state index is -3.25. The number of carbonyl (C=O) groups excluding carboxylic acids is 1. The number of sulfone groups is 1. The number of rotatable bonds is 10. The molecule has 1 aliphatic heterocycles. The molecule has 1 amide bonds. The smallest absolute Gasteiger partial charge is 0.304 e. The van der Waals surface area contributed by atoms with Gasteiger partial charge in [0.2, 0.25) is 5.91 Å². The van der Waals surface area contributed by atoms with Gasteiger partial charge >= 0.3 is 5.97 Å². The van der Waals surface area contributed by atoms with E-state index in [0.29, 0.717) is 22.9 Å². The van der Waals surface area contributed by atoms with Crippen LogP contribution in [0.3, 0.4) is 0 Å². The molecular weight excluding hydrogens is 521 g/mol. The van der Waals surface area contributed by atoms with Gasteiger partial charge in [-0.2, -0.15) is 0 Å². The molecule has 0 spiro atoms. The van der Waals surface area contributed by atoms with Crippen LogP contribution < -0.4 is 0 Å². The number of amides is 1. The maximum absolute atomic E-state index is 14.1. The van der Waals surface area contributed by atoms with E-state index < -0.39 is 33.3 Å². The molecule has 3 rings (SSSR count). The van der Waals surface area contributed by atoms with Crippen LogP contribution >= 0.6 is 23.2 Å². The Balaban J connectivity index is 2.20. The van der Waals surface area contributed by atoms with Crippen molar-refractivity contribution in [3.05, 3.63) is 69.7 Å². The number of carboxylic acid groups (broad SMARTS) is 1. The molecule has 0 aromatic heterocycles. The highest BCUT2D eigenvalue weighted by Gasteiger charge is 2.52. The Morgan fingerprint density at radius 3 is 2.33 bits per heavy atom. The number of carboxylic acids is 1. The molecule has 1 N–H and O–H groups in total. The number of carbonyl (C=O) groups is 2. The number of aliphatic carboxylic acids is 1. The van der Waals surface area contributed by atoms with Crippen molar-refractivity contribution >= 4 is 44.9 Å². The number of nitrogens with zero attached hydrogens (tertiary/aromatic N) is 1. The summed E-state index contributed by atoms with van der Waals surface area (Å²) in [7, 11) is -3.25. The summed E-state index contributed by atoms with van der Waals surface area (Å²) in [5.74, 6) is -1.61. The summed E-state index contributed by atoms with van der Waals surface area (Å²) in [5, 5.41) is 10.8. The zero-order chi connectivity index (χ0) is 26.7. The lowest BCUT2D eigenvalue weighted by Gasteiger charge is -2.52. The first-order chi connectivity index (χ1) is 16.9. The molecule has 1 unspecified atom stereocenters. The van der Waals surface area contributed by atoms with Gasteiger partial charge in [-0.3, -0.25) is 9.59 Å². The molecule has 1 fully saturated rings. The van der Waals surface area contributed by atoms with Gasteiger partial charge in [0.05, 0.1) is 23.6 Å². The average molecular weight is 555 g/mol. The largest absolute Gasteiger partial charge is 0.481 e. The lowest BCUT2D eigenvalue weighted by Crippen LogP contribution is -2.56. The highest BCUT2D eigenvalue weighted by atomic mass is 35.5. The summed E-state index contributed by atoms with van der Waals surface area (Å²) in [6, 6.07) is 13.9. The fraction of sp³-hybridized carbons (Fsp3) is 0.481. The lowest BCUT2D eigenvalue weighted by molar-refractivity contribution is -0.160. The molecule has 2 aromatic carbocycles. The molecule has 0 aliphatic carbocycles. The van der Waals surface area contributed by atoms with Gasteiger partial charge in [0.1, 0.15) is 9.84 Å². The third-order valence-electron chi connectivity index (χ3n) is 7.20. The Labute approximate surface area is 223 Å². The summed E-state index contributed by atoms with van der Waals surface area (Å²) in [5.41, 5.74) is 0.582. The summed E-state index contributed by atoms with van der Waals surface area (Å²) < 4.78 is 24.7. The third-order valence-corrected chi connectivity index (χ3v) is 9.42. The first-order valence-corrected chi connectivity index (χ1v) is 14.7. The first-order valence-electron chi connectivity index (χ1n) is 12.2. The molecule has 0 radical (unpaired) electrons. The molecule has 0 saturated carbocycles. The van der Waals surface area contributed by atoms with E-state index in [1.54, 1.807) is 36.9 Å². The molecule has 0 bridgehead atoms. The molecule has 1 saturated heterocycles. The fourth-order valence-electron chi connectivity index (χ4n) is 5.28. The summed E-state index contributed by atoms with van der Waals surface area (Å²) in [6.07, 6.45) is 0.788. The Bertz CT molecular complexity index is 1200. The Morgan fingerprint density at radius 2 is 1.78 bits per heavy atom. The van der Waals surface area contributed by atoms with E-state index in [1.165, 1.54) is 0 Å². The monoisotopic (exact) mass is 553 g/mol. The van der Waals surface area contributed by atoms with Crippen molar-refractivity contribution in [2.75, 3.05) is 11.5 Å². The topological polar surface area (TPSA) is 91.8 Å². The normalized spacial score (nSPS) is 23.5. The Hall–Kier alpha value is -2.09. The van der Waals surface area contributed by atoms with Crippen LogP contribution in [0.1, 0.15) is 69.5 Å². The number of halogens is 2. The van der Waals surface area contributed by atoms with E-state index in [9.17, 15) is 23.1 Å². The molecule has 6 nitrogen and oxygen atoms in total. The van der Waals surface area contributed by atoms with Gasteiger partial charge in [-0.25, -0.2) is 8.42 Å². The van der Waals surface area contributed by atoms with Crippen molar-refractivity contribution in [2.45, 2.75) is 64.5 Å². The van der Waals surface area contributed by atoms with E-state index in [1.807, 2.05) is 37.3 Å².